The summed E-state index contributed by atoms with van der Waals surface area (Å²) in [5.74, 6) is 0.910. The average Bonchev–Trinajstić information content (AvgIpc) is 2.70. The van der Waals surface area contributed by atoms with Crippen LogP contribution in [0.4, 0.5) is 5.69 Å². The highest BCUT2D eigenvalue weighted by Gasteiger charge is 2.12. The summed E-state index contributed by atoms with van der Waals surface area (Å²) in [6.45, 7) is 0. The van der Waals surface area contributed by atoms with E-state index in [0.717, 1.165) is 5.52 Å². The lowest BCUT2D eigenvalue weighted by atomic mass is 10.2. The Hall–Kier alpha value is -3.73. The molecule has 126 valence electrons. The zero-order valence-corrected chi connectivity index (χ0v) is 13.8. The molecule has 1 amide bonds. The number of fused-ring (bicyclic) bond motifs is 1. The molecule has 5 heteroatoms. The van der Waals surface area contributed by atoms with Gasteiger partial charge in [0.1, 0.15) is 11.4 Å². The zero-order valence-electron chi connectivity index (χ0n) is 13.8. The predicted molar refractivity (Wildman–Crippen MR) is 100 cm³/mol. The van der Waals surface area contributed by atoms with Crippen LogP contribution in [0.5, 0.6) is 11.5 Å². The SMILES string of the molecule is O=C(Nc1ccccc1Oc1ccccc1)c1cnc2ccccc2n1. The summed E-state index contributed by atoms with van der Waals surface area (Å²) in [6.07, 6.45) is 1.47. The van der Waals surface area contributed by atoms with Crippen molar-refractivity contribution in [1.29, 1.82) is 0 Å². The Morgan fingerprint density at radius 3 is 2.35 bits per heavy atom. The third-order valence-corrected chi connectivity index (χ3v) is 3.79. The van der Waals surface area contributed by atoms with Crippen LogP contribution < -0.4 is 10.1 Å². The smallest absolute Gasteiger partial charge is 0.275 e. The molecule has 0 saturated heterocycles. The van der Waals surface area contributed by atoms with E-state index in [1.54, 1.807) is 12.1 Å². The normalized spacial score (nSPS) is 10.5. The van der Waals surface area contributed by atoms with Crippen LogP contribution in [-0.4, -0.2) is 15.9 Å². The Balaban J connectivity index is 1.59. The van der Waals surface area contributed by atoms with Gasteiger partial charge in [-0.05, 0) is 36.4 Å². The van der Waals surface area contributed by atoms with Crippen molar-refractivity contribution in [3.05, 3.63) is 90.8 Å². The largest absolute Gasteiger partial charge is 0.455 e. The maximum atomic E-state index is 12.6. The van der Waals surface area contributed by atoms with Gasteiger partial charge in [0.25, 0.3) is 5.91 Å². The van der Waals surface area contributed by atoms with E-state index < -0.39 is 0 Å². The van der Waals surface area contributed by atoms with Crippen LogP contribution in [0.3, 0.4) is 0 Å². The molecule has 4 rings (SSSR count). The molecule has 0 saturated carbocycles. The lowest BCUT2D eigenvalue weighted by molar-refractivity contribution is 0.102. The Morgan fingerprint density at radius 2 is 1.50 bits per heavy atom. The molecule has 0 aliphatic heterocycles. The number of aromatic nitrogens is 2. The molecular weight excluding hydrogens is 326 g/mol. The predicted octanol–water partition coefficient (Wildman–Crippen LogP) is 4.67. The molecule has 1 N–H and O–H groups in total. The standard InChI is InChI=1S/C21H15N3O2/c25-21(19-14-22-16-10-4-5-11-17(16)23-19)24-18-12-6-7-13-20(18)26-15-8-2-1-3-9-15/h1-14H,(H,24,25). The van der Waals surface area contributed by atoms with Crippen molar-refractivity contribution in [3.8, 4) is 11.5 Å². The fourth-order valence-corrected chi connectivity index (χ4v) is 2.53. The van der Waals surface area contributed by atoms with E-state index in [9.17, 15) is 4.79 Å². The van der Waals surface area contributed by atoms with Gasteiger partial charge in [0.05, 0.1) is 22.9 Å². The van der Waals surface area contributed by atoms with E-state index in [1.807, 2.05) is 66.7 Å². The number of anilines is 1. The summed E-state index contributed by atoms with van der Waals surface area (Å²) in [5, 5.41) is 2.85. The first-order valence-corrected chi connectivity index (χ1v) is 8.15. The molecule has 0 spiro atoms. The summed E-state index contributed by atoms with van der Waals surface area (Å²) < 4.78 is 5.87. The molecule has 3 aromatic carbocycles. The Morgan fingerprint density at radius 1 is 0.808 bits per heavy atom. The molecule has 0 radical (unpaired) electrons. The van der Waals surface area contributed by atoms with Gasteiger partial charge in [-0.3, -0.25) is 9.78 Å². The fourth-order valence-electron chi connectivity index (χ4n) is 2.53. The van der Waals surface area contributed by atoms with Crippen LogP contribution in [0, 0.1) is 0 Å². The Bertz CT molecular complexity index is 1060. The molecule has 0 atom stereocenters. The van der Waals surface area contributed by atoms with E-state index in [-0.39, 0.29) is 11.6 Å². The summed E-state index contributed by atoms with van der Waals surface area (Å²) in [7, 11) is 0. The van der Waals surface area contributed by atoms with Crippen molar-refractivity contribution in [3.63, 3.8) is 0 Å². The third-order valence-electron chi connectivity index (χ3n) is 3.79. The number of hydrogen-bond donors (Lipinski definition) is 1. The van der Waals surface area contributed by atoms with E-state index in [1.165, 1.54) is 6.20 Å². The molecule has 0 bridgehead atoms. The van der Waals surface area contributed by atoms with Gasteiger partial charge in [-0.25, -0.2) is 4.98 Å². The molecule has 0 fully saturated rings. The van der Waals surface area contributed by atoms with Crippen LogP contribution in [0.1, 0.15) is 10.5 Å². The minimum atomic E-state index is -0.340. The van der Waals surface area contributed by atoms with Crippen LogP contribution in [-0.2, 0) is 0 Å². The molecule has 0 aliphatic carbocycles. The summed E-state index contributed by atoms with van der Waals surface area (Å²) in [5.41, 5.74) is 2.24. The topological polar surface area (TPSA) is 64.1 Å². The van der Waals surface area contributed by atoms with E-state index in [2.05, 4.69) is 15.3 Å². The molecule has 0 aliphatic rings. The number of hydrogen-bond acceptors (Lipinski definition) is 4. The number of carbonyl (C=O) groups is 1. The van der Waals surface area contributed by atoms with Crippen molar-refractivity contribution < 1.29 is 9.53 Å². The maximum absolute atomic E-state index is 12.6. The lowest BCUT2D eigenvalue weighted by Gasteiger charge is -2.12. The van der Waals surface area contributed by atoms with Crippen LogP contribution in [0.25, 0.3) is 11.0 Å². The fraction of sp³-hybridized carbons (Fsp3) is 0. The third kappa shape index (κ3) is 3.37. The number of nitrogens with one attached hydrogen (secondary N) is 1. The van der Waals surface area contributed by atoms with Crippen molar-refractivity contribution in [2.75, 3.05) is 5.32 Å². The highest BCUT2D eigenvalue weighted by Crippen LogP contribution is 2.29. The van der Waals surface area contributed by atoms with E-state index in [4.69, 9.17) is 4.74 Å². The van der Waals surface area contributed by atoms with E-state index in [0.29, 0.717) is 22.7 Å². The Kier molecular flexibility index (Phi) is 4.26. The molecule has 0 unspecified atom stereocenters. The van der Waals surface area contributed by atoms with Gasteiger partial charge in [0, 0.05) is 0 Å². The number of nitrogens with zero attached hydrogens (tertiary/aromatic N) is 2. The zero-order chi connectivity index (χ0) is 17.8. The Labute approximate surface area is 150 Å². The van der Waals surface area contributed by atoms with Gasteiger partial charge in [-0.15, -0.1) is 0 Å². The molecule has 4 aromatic rings. The highest BCUT2D eigenvalue weighted by atomic mass is 16.5. The number of amides is 1. The van der Waals surface area contributed by atoms with Gasteiger partial charge < -0.3 is 10.1 Å². The maximum Gasteiger partial charge on any atom is 0.275 e. The average molecular weight is 341 g/mol. The van der Waals surface area contributed by atoms with Crippen molar-refractivity contribution in [1.82, 2.24) is 9.97 Å². The first-order valence-electron chi connectivity index (χ1n) is 8.15. The van der Waals surface area contributed by atoms with Gasteiger partial charge in [0.15, 0.2) is 5.75 Å². The monoisotopic (exact) mass is 341 g/mol. The molecular formula is C21H15N3O2. The quantitative estimate of drug-likeness (QED) is 0.586. The summed E-state index contributed by atoms with van der Waals surface area (Å²) in [4.78, 5) is 21.2. The number of rotatable bonds is 4. The minimum Gasteiger partial charge on any atom is -0.455 e. The first kappa shape index (κ1) is 15.8. The number of para-hydroxylation sites is 5. The summed E-state index contributed by atoms with van der Waals surface area (Å²) >= 11 is 0. The first-order chi connectivity index (χ1) is 12.8. The van der Waals surface area contributed by atoms with Crippen molar-refractivity contribution >= 4 is 22.6 Å². The number of benzene rings is 3. The second-order valence-corrected chi connectivity index (χ2v) is 5.61. The van der Waals surface area contributed by atoms with E-state index >= 15 is 0 Å². The molecule has 26 heavy (non-hydrogen) atoms. The molecule has 5 nitrogen and oxygen atoms in total. The van der Waals surface area contributed by atoms with Crippen LogP contribution in [0.15, 0.2) is 85.1 Å². The van der Waals surface area contributed by atoms with Crippen molar-refractivity contribution in [2.24, 2.45) is 0 Å². The highest BCUT2D eigenvalue weighted by molar-refractivity contribution is 6.04. The van der Waals surface area contributed by atoms with Gasteiger partial charge >= 0.3 is 0 Å². The van der Waals surface area contributed by atoms with Crippen LogP contribution in [0.2, 0.25) is 0 Å². The van der Waals surface area contributed by atoms with Crippen molar-refractivity contribution in [2.45, 2.75) is 0 Å². The molecule has 1 heterocycles. The van der Waals surface area contributed by atoms with Gasteiger partial charge in [-0.1, -0.05) is 42.5 Å². The lowest BCUT2D eigenvalue weighted by Crippen LogP contribution is -2.14. The van der Waals surface area contributed by atoms with Crippen LogP contribution >= 0.6 is 0 Å². The summed E-state index contributed by atoms with van der Waals surface area (Å²) in [6, 6.07) is 24.1. The second-order valence-electron chi connectivity index (χ2n) is 5.61. The number of ether oxygens (including phenoxy) is 1. The number of carbonyl (C=O) groups excluding carboxylic acids is 1. The van der Waals surface area contributed by atoms with Gasteiger partial charge in [0.2, 0.25) is 0 Å². The molecule has 1 aromatic heterocycles. The minimum absolute atomic E-state index is 0.248. The van der Waals surface area contributed by atoms with Gasteiger partial charge in [-0.2, -0.15) is 0 Å². The second kappa shape index (κ2) is 7.03.